The molecule has 2 rings (SSSR count). The van der Waals surface area contributed by atoms with Crippen LogP contribution in [0.3, 0.4) is 0 Å². The van der Waals surface area contributed by atoms with Gasteiger partial charge in [0.25, 0.3) is 0 Å². The van der Waals surface area contributed by atoms with Gasteiger partial charge in [-0.1, -0.05) is 34.4 Å². The van der Waals surface area contributed by atoms with Gasteiger partial charge in [-0.2, -0.15) is 0 Å². The van der Waals surface area contributed by atoms with E-state index in [9.17, 15) is 9.59 Å². The van der Waals surface area contributed by atoms with Gasteiger partial charge in [0.2, 0.25) is 5.91 Å². The molecule has 6 nitrogen and oxygen atoms in total. The van der Waals surface area contributed by atoms with E-state index in [1.54, 1.807) is 38.1 Å². The Balaban J connectivity index is 1.76. The number of hydrogen-bond donors (Lipinski definition) is 1. The van der Waals surface area contributed by atoms with E-state index in [0.29, 0.717) is 27.2 Å². The third-order valence-corrected chi connectivity index (χ3v) is 4.96. The highest BCUT2D eigenvalue weighted by atomic mass is 35.5. The zero-order valence-electron chi connectivity index (χ0n) is 13.5. The summed E-state index contributed by atoms with van der Waals surface area (Å²) in [5.41, 5.74) is 0.552. The lowest BCUT2D eigenvalue weighted by atomic mass is 10.2. The molecule has 0 aliphatic rings. The van der Waals surface area contributed by atoms with Crippen LogP contribution in [0.5, 0.6) is 0 Å². The van der Waals surface area contributed by atoms with E-state index >= 15 is 0 Å². The smallest absolute Gasteiger partial charge is 0.316 e. The molecule has 0 aliphatic heterocycles. The molecular formula is C16H16Cl2N2O4S. The van der Waals surface area contributed by atoms with E-state index in [4.69, 9.17) is 32.5 Å². The van der Waals surface area contributed by atoms with Crippen LogP contribution in [0, 0.1) is 6.92 Å². The van der Waals surface area contributed by atoms with E-state index in [1.165, 1.54) is 0 Å². The van der Waals surface area contributed by atoms with Crippen molar-refractivity contribution in [3.05, 3.63) is 45.6 Å². The van der Waals surface area contributed by atoms with Gasteiger partial charge < -0.3 is 14.6 Å². The second-order valence-corrected chi connectivity index (χ2v) is 7.27. The molecule has 25 heavy (non-hydrogen) atoms. The number of amides is 1. The van der Waals surface area contributed by atoms with Crippen molar-refractivity contribution in [2.45, 2.75) is 25.7 Å². The van der Waals surface area contributed by atoms with Crippen LogP contribution >= 0.6 is 35.0 Å². The molecular weight excluding hydrogens is 387 g/mol. The minimum Gasteiger partial charge on any atom is -0.460 e. The van der Waals surface area contributed by atoms with Crippen molar-refractivity contribution in [3.8, 4) is 0 Å². The van der Waals surface area contributed by atoms with Gasteiger partial charge in [0.15, 0.2) is 5.82 Å². The summed E-state index contributed by atoms with van der Waals surface area (Å²) in [6.45, 7) is 3.39. The van der Waals surface area contributed by atoms with Crippen molar-refractivity contribution in [2.75, 3.05) is 11.1 Å². The predicted octanol–water partition coefficient (Wildman–Crippen LogP) is 4.09. The van der Waals surface area contributed by atoms with Gasteiger partial charge in [-0.05, 0) is 26.0 Å². The van der Waals surface area contributed by atoms with Gasteiger partial charge in [0, 0.05) is 21.7 Å². The van der Waals surface area contributed by atoms with Crippen molar-refractivity contribution in [1.82, 2.24) is 5.16 Å². The molecule has 1 heterocycles. The number of hydrogen-bond acceptors (Lipinski definition) is 6. The zero-order valence-corrected chi connectivity index (χ0v) is 15.9. The lowest BCUT2D eigenvalue weighted by Gasteiger charge is -2.11. The number of nitrogens with one attached hydrogen (secondary N) is 1. The molecule has 1 atom stereocenters. The molecule has 0 radical (unpaired) electrons. The van der Waals surface area contributed by atoms with Gasteiger partial charge in [-0.3, -0.25) is 9.59 Å². The lowest BCUT2D eigenvalue weighted by molar-refractivity contribution is -0.141. The fourth-order valence-electron chi connectivity index (χ4n) is 1.79. The van der Waals surface area contributed by atoms with E-state index in [2.05, 4.69) is 10.5 Å². The fraction of sp³-hybridized carbons (Fsp3) is 0.312. The Labute approximate surface area is 159 Å². The number of carbonyl (C=O) groups excluding carboxylic acids is 2. The average molecular weight is 403 g/mol. The summed E-state index contributed by atoms with van der Waals surface area (Å²) >= 11 is 13.2. The molecule has 0 aliphatic carbocycles. The molecule has 2 aromatic rings. The topological polar surface area (TPSA) is 81.4 Å². The van der Waals surface area contributed by atoms with Gasteiger partial charge in [0.05, 0.1) is 11.0 Å². The number of rotatable bonds is 7. The van der Waals surface area contributed by atoms with Crippen LogP contribution in [-0.2, 0) is 20.9 Å². The van der Waals surface area contributed by atoms with Gasteiger partial charge in [-0.25, -0.2) is 0 Å². The predicted molar refractivity (Wildman–Crippen MR) is 98.0 cm³/mol. The number of aromatic nitrogens is 1. The van der Waals surface area contributed by atoms with Crippen molar-refractivity contribution in [3.63, 3.8) is 0 Å². The number of nitrogens with zero attached hydrogens (tertiary/aromatic N) is 1. The van der Waals surface area contributed by atoms with Crippen molar-refractivity contribution >= 4 is 52.7 Å². The molecule has 1 aromatic heterocycles. The Morgan fingerprint density at radius 2 is 2.04 bits per heavy atom. The van der Waals surface area contributed by atoms with Crippen molar-refractivity contribution in [1.29, 1.82) is 0 Å². The van der Waals surface area contributed by atoms with Crippen LogP contribution in [-0.4, -0.2) is 28.0 Å². The average Bonchev–Trinajstić information content (AvgIpc) is 2.97. The van der Waals surface area contributed by atoms with E-state index in [0.717, 1.165) is 11.8 Å². The summed E-state index contributed by atoms with van der Waals surface area (Å²) in [6, 6.07) is 6.66. The third-order valence-electron chi connectivity index (χ3n) is 3.14. The van der Waals surface area contributed by atoms with Crippen LogP contribution in [0.25, 0.3) is 0 Å². The Morgan fingerprint density at radius 3 is 2.64 bits per heavy atom. The Kier molecular flexibility index (Phi) is 7.16. The summed E-state index contributed by atoms with van der Waals surface area (Å²) in [5, 5.41) is 6.69. The number of benzene rings is 1. The third kappa shape index (κ3) is 5.95. The summed E-state index contributed by atoms with van der Waals surface area (Å²) < 4.78 is 10.0. The fourth-order valence-corrected chi connectivity index (χ4v) is 2.97. The number of thioether (sulfide) groups is 1. The SMILES string of the molecule is Cc1cc(NC(=O)[C@H](C)SCC(=O)OCc2c(Cl)cccc2Cl)no1. The maximum Gasteiger partial charge on any atom is 0.316 e. The number of aryl methyl sites for hydroxylation is 1. The molecule has 1 aromatic carbocycles. The number of carbonyl (C=O) groups is 2. The largest absolute Gasteiger partial charge is 0.460 e. The molecule has 0 saturated heterocycles. The van der Waals surface area contributed by atoms with Gasteiger partial charge in [-0.15, -0.1) is 11.8 Å². The summed E-state index contributed by atoms with van der Waals surface area (Å²) in [6.07, 6.45) is 0. The first-order valence-electron chi connectivity index (χ1n) is 7.31. The number of esters is 1. The van der Waals surface area contributed by atoms with E-state index in [1.807, 2.05) is 0 Å². The zero-order chi connectivity index (χ0) is 18.4. The van der Waals surface area contributed by atoms with Crippen LogP contribution in [0.4, 0.5) is 5.82 Å². The summed E-state index contributed by atoms with van der Waals surface area (Å²) in [5.74, 6) is 0.218. The second-order valence-electron chi connectivity index (χ2n) is 5.13. The van der Waals surface area contributed by atoms with E-state index in [-0.39, 0.29) is 18.3 Å². The van der Waals surface area contributed by atoms with Gasteiger partial charge >= 0.3 is 5.97 Å². The highest BCUT2D eigenvalue weighted by Crippen LogP contribution is 2.25. The minimum absolute atomic E-state index is 0.0172. The first-order chi connectivity index (χ1) is 11.9. The lowest BCUT2D eigenvalue weighted by Crippen LogP contribution is -2.24. The second kappa shape index (κ2) is 9.12. The minimum atomic E-state index is -0.464. The van der Waals surface area contributed by atoms with E-state index < -0.39 is 11.2 Å². The molecule has 1 amide bonds. The van der Waals surface area contributed by atoms with Gasteiger partial charge in [0.1, 0.15) is 12.4 Å². The van der Waals surface area contributed by atoms with Crippen LogP contribution in [0.2, 0.25) is 10.0 Å². The molecule has 0 spiro atoms. The molecule has 0 fully saturated rings. The van der Waals surface area contributed by atoms with Crippen LogP contribution < -0.4 is 5.32 Å². The highest BCUT2D eigenvalue weighted by molar-refractivity contribution is 8.01. The normalized spacial score (nSPS) is 11.8. The monoisotopic (exact) mass is 402 g/mol. The molecule has 1 N–H and O–H groups in total. The molecule has 0 bridgehead atoms. The first-order valence-corrected chi connectivity index (χ1v) is 9.11. The maximum atomic E-state index is 12.0. The standard InChI is InChI=1S/C16H16Cl2N2O4S/c1-9-6-14(20-24-9)19-16(22)10(2)25-8-15(21)23-7-11-12(17)4-3-5-13(11)18/h3-6,10H,7-8H2,1-2H3,(H,19,20,22)/t10-/m0/s1. The molecule has 9 heteroatoms. The van der Waals surface area contributed by atoms with Crippen molar-refractivity contribution in [2.24, 2.45) is 0 Å². The Morgan fingerprint density at radius 1 is 1.36 bits per heavy atom. The maximum absolute atomic E-state index is 12.0. The molecule has 0 unspecified atom stereocenters. The molecule has 0 saturated carbocycles. The van der Waals surface area contributed by atoms with Crippen LogP contribution in [0.1, 0.15) is 18.2 Å². The highest BCUT2D eigenvalue weighted by Gasteiger charge is 2.17. The number of anilines is 1. The summed E-state index contributed by atoms with van der Waals surface area (Å²) in [4.78, 5) is 23.8. The number of halogens is 2. The Hall–Kier alpha value is -1.70. The summed E-state index contributed by atoms with van der Waals surface area (Å²) in [7, 11) is 0. The molecule has 134 valence electrons. The quantitative estimate of drug-likeness (QED) is 0.702. The Bertz CT molecular complexity index is 746. The number of ether oxygens (including phenoxy) is 1. The van der Waals surface area contributed by atoms with Crippen molar-refractivity contribution < 1.29 is 18.8 Å². The van der Waals surface area contributed by atoms with Crippen LogP contribution in [0.15, 0.2) is 28.8 Å². The first kappa shape index (κ1) is 19.6.